The predicted molar refractivity (Wildman–Crippen MR) is 68.7 cm³/mol. The van der Waals surface area contributed by atoms with Crippen LogP contribution in [0.4, 0.5) is 5.69 Å². The fourth-order valence-electron chi connectivity index (χ4n) is 1.21. The lowest BCUT2D eigenvalue weighted by Crippen LogP contribution is -2.01. The SMILES string of the molecule is CC1=NC(=Nc2ccccc2Cl)SC1C. The normalized spacial score (nSPS) is 23.3. The minimum Gasteiger partial charge on any atom is -0.231 e. The third kappa shape index (κ3) is 2.41. The largest absolute Gasteiger partial charge is 0.231 e. The van der Waals surface area contributed by atoms with Gasteiger partial charge < -0.3 is 0 Å². The summed E-state index contributed by atoms with van der Waals surface area (Å²) in [5.41, 5.74) is 1.90. The zero-order chi connectivity index (χ0) is 10.8. The van der Waals surface area contributed by atoms with Crippen molar-refractivity contribution < 1.29 is 0 Å². The van der Waals surface area contributed by atoms with Gasteiger partial charge >= 0.3 is 0 Å². The van der Waals surface area contributed by atoms with Gasteiger partial charge in [0.1, 0.15) is 0 Å². The Morgan fingerprint density at radius 3 is 2.73 bits per heavy atom. The van der Waals surface area contributed by atoms with Crippen LogP contribution in [0.5, 0.6) is 0 Å². The number of aliphatic imine (C=N–C) groups is 2. The molecule has 0 spiro atoms. The monoisotopic (exact) mass is 238 g/mol. The van der Waals surface area contributed by atoms with E-state index in [1.165, 1.54) is 0 Å². The molecule has 2 rings (SSSR count). The number of thioether (sulfide) groups is 1. The van der Waals surface area contributed by atoms with Crippen LogP contribution in [-0.4, -0.2) is 16.1 Å². The molecule has 0 saturated heterocycles. The lowest BCUT2D eigenvalue weighted by Gasteiger charge is -1.98. The molecule has 0 fully saturated rings. The highest BCUT2D eigenvalue weighted by Crippen LogP contribution is 2.29. The first-order chi connectivity index (χ1) is 7.16. The number of amidine groups is 1. The molecule has 1 aliphatic rings. The average molecular weight is 239 g/mol. The summed E-state index contributed by atoms with van der Waals surface area (Å²) < 4.78 is 0. The Balaban J connectivity index is 2.30. The molecule has 0 aliphatic carbocycles. The lowest BCUT2D eigenvalue weighted by molar-refractivity contribution is 1.31. The van der Waals surface area contributed by atoms with Gasteiger partial charge in [0.2, 0.25) is 0 Å². The van der Waals surface area contributed by atoms with Gasteiger partial charge in [0.15, 0.2) is 5.17 Å². The van der Waals surface area contributed by atoms with Crippen molar-refractivity contribution in [2.45, 2.75) is 19.1 Å². The van der Waals surface area contributed by atoms with E-state index in [0.29, 0.717) is 10.3 Å². The van der Waals surface area contributed by atoms with Crippen LogP contribution in [0.25, 0.3) is 0 Å². The van der Waals surface area contributed by atoms with E-state index in [9.17, 15) is 0 Å². The van der Waals surface area contributed by atoms with Gasteiger partial charge in [-0.15, -0.1) is 0 Å². The molecule has 1 aromatic carbocycles. The Morgan fingerprint density at radius 2 is 2.13 bits per heavy atom. The number of halogens is 1. The summed E-state index contributed by atoms with van der Waals surface area (Å²) in [5, 5.41) is 1.89. The molecular formula is C11H11ClN2S. The van der Waals surface area contributed by atoms with E-state index in [-0.39, 0.29) is 0 Å². The van der Waals surface area contributed by atoms with Gasteiger partial charge in [-0.25, -0.2) is 9.98 Å². The highest BCUT2D eigenvalue weighted by molar-refractivity contribution is 8.15. The molecule has 0 bridgehead atoms. The van der Waals surface area contributed by atoms with E-state index in [4.69, 9.17) is 11.6 Å². The zero-order valence-corrected chi connectivity index (χ0v) is 10.1. The van der Waals surface area contributed by atoms with Gasteiger partial charge in [0.25, 0.3) is 0 Å². The number of nitrogens with zero attached hydrogens (tertiary/aromatic N) is 2. The first-order valence-electron chi connectivity index (χ1n) is 4.72. The van der Waals surface area contributed by atoms with Crippen molar-refractivity contribution in [2.24, 2.45) is 9.98 Å². The van der Waals surface area contributed by atoms with Gasteiger partial charge in [-0.05, 0) is 26.0 Å². The van der Waals surface area contributed by atoms with E-state index in [1.54, 1.807) is 11.8 Å². The Kier molecular flexibility index (Phi) is 3.12. The van der Waals surface area contributed by atoms with Crippen molar-refractivity contribution in [3.8, 4) is 0 Å². The molecule has 0 amide bonds. The van der Waals surface area contributed by atoms with Crippen LogP contribution >= 0.6 is 23.4 Å². The number of benzene rings is 1. The molecule has 0 radical (unpaired) electrons. The molecule has 0 saturated carbocycles. The van der Waals surface area contributed by atoms with Crippen molar-refractivity contribution in [1.29, 1.82) is 0 Å². The Hall–Kier alpha value is -0.800. The zero-order valence-electron chi connectivity index (χ0n) is 8.57. The summed E-state index contributed by atoms with van der Waals surface area (Å²) >= 11 is 7.68. The van der Waals surface area contributed by atoms with Crippen LogP contribution in [0.1, 0.15) is 13.8 Å². The van der Waals surface area contributed by atoms with E-state index in [2.05, 4.69) is 16.9 Å². The van der Waals surface area contributed by atoms with E-state index in [0.717, 1.165) is 16.6 Å². The Bertz CT molecular complexity index is 440. The molecule has 1 unspecified atom stereocenters. The summed E-state index contributed by atoms with van der Waals surface area (Å²) in [5.74, 6) is 0. The maximum Gasteiger partial charge on any atom is 0.188 e. The second-order valence-corrected chi connectivity index (χ2v) is 5.07. The predicted octanol–water partition coefficient (Wildman–Crippen LogP) is 3.92. The van der Waals surface area contributed by atoms with E-state index < -0.39 is 0 Å². The summed E-state index contributed by atoms with van der Waals surface area (Å²) in [4.78, 5) is 8.80. The van der Waals surface area contributed by atoms with Crippen molar-refractivity contribution >= 4 is 39.9 Å². The second kappa shape index (κ2) is 4.37. The van der Waals surface area contributed by atoms with Gasteiger partial charge in [-0.2, -0.15) is 0 Å². The standard InChI is InChI=1S/C11H11ClN2S/c1-7-8(2)15-11(13-7)14-10-6-4-3-5-9(10)12/h3-6,8H,1-2H3. The van der Waals surface area contributed by atoms with Crippen molar-refractivity contribution in [2.75, 3.05) is 0 Å². The third-order valence-corrected chi connectivity index (χ3v) is 3.62. The quantitative estimate of drug-likeness (QED) is 0.728. The van der Waals surface area contributed by atoms with Crippen molar-refractivity contribution in [1.82, 2.24) is 0 Å². The molecule has 0 N–H and O–H groups in total. The first-order valence-corrected chi connectivity index (χ1v) is 5.97. The molecule has 4 heteroatoms. The molecule has 1 aromatic rings. The summed E-state index contributed by atoms with van der Waals surface area (Å²) in [6.07, 6.45) is 0. The fourth-order valence-corrected chi connectivity index (χ4v) is 2.27. The first kappa shape index (κ1) is 10.7. The third-order valence-electron chi connectivity index (χ3n) is 2.21. The molecule has 0 aromatic heterocycles. The lowest BCUT2D eigenvalue weighted by atomic mass is 10.3. The van der Waals surface area contributed by atoms with Crippen LogP contribution in [-0.2, 0) is 0 Å². The highest BCUT2D eigenvalue weighted by Gasteiger charge is 2.18. The average Bonchev–Trinajstić information content (AvgIpc) is 2.50. The number of hydrogen-bond donors (Lipinski definition) is 0. The van der Waals surface area contributed by atoms with E-state index in [1.807, 2.05) is 31.2 Å². The van der Waals surface area contributed by atoms with Crippen molar-refractivity contribution in [3.05, 3.63) is 29.3 Å². The summed E-state index contributed by atoms with van der Waals surface area (Å²) in [6, 6.07) is 7.54. The topological polar surface area (TPSA) is 24.7 Å². The van der Waals surface area contributed by atoms with Crippen LogP contribution in [0.2, 0.25) is 5.02 Å². The molecule has 2 nitrogen and oxygen atoms in total. The number of para-hydroxylation sites is 1. The molecule has 1 atom stereocenters. The maximum atomic E-state index is 6.01. The van der Waals surface area contributed by atoms with Gasteiger partial charge in [-0.3, -0.25) is 0 Å². The molecule has 1 heterocycles. The summed E-state index contributed by atoms with van der Waals surface area (Å²) in [6.45, 7) is 4.14. The summed E-state index contributed by atoms with van der Waals surface area (Å²) in [7, 11) is 0. The van der Waals surface area contributed by atoms with Gasteiger partial charge in [0.05, 0.1) is 10.7 Å². The maximum absolute atomic E-state index is 6.01. The minimum absolute atomic E-state index is 0.422. The molecule has 1 aliphatic heterocycles. The van der Waals surface area contributed by atoms with Crippen LogP contribution in [0, 0.1) is 0 Å². The fraction of sp³-hybridized carbons (Fsp3) is 0.273. The van der Waals surface area contributed by atoms with Crippen LogP contribution in [0.15, 0.2) is 34.3 Å². The smallest absolute Gasteiger partial charge is 0.188 e. The Morgan fingerprint density at radius 1 is 1.40 bits per heavy atom. The number of hydrogen-bond acceptors (Lipinski definition) is 2. The minimum atomic E-state index is 0.422. The van der Waals surface area contributed by atoms with Gasteiger partial charge in [-0.1, -0.05) is 35.5 Å². The highest BCUT2D eigenvalue weighted by atomic mass is 35.5. The molecular weight excluding hydrogens is 228 g/mol. The molecule has 15 heavy (non-hydrogen) atoms. The van der Waals surface area contributed by atoms with E-state index >= 15 is 0 Å². The van der Waals surface area contributed by atoms with Crippen LogP contribution in [0.3, 0.4) is 0 Å². The second-order valence-electron chi connectivity index (χ2n) is 3.36. The van der Waals surface area contributed by atoms with Gasteiger partial charge in [0, 0.05) is 11.0 Å². The van der Waals surface area contributed by atoms with Crippen molar-refractivity contribution in [3.63, 3.8) is 0 Å². The van der Waals surface area contributed by atoms with Crippen LogP contribution < -0.4 is 0 Å². The Labute approximate surface area is 98.5 Å². The molecule has 78 valence electrons. The number of rotatable bonds is 1.